The van der Waals surface area contributed by atoms with Crippen LogP contribution in [0.1, 0.15) is 127 Å². The van der Waals surface area contributed by atoms with E-state index < -0.39 is 80.9 Å². The third kappa shape index (κ3) is 6.17. The van der Waals surface area contributed by atoms with Crippen molar-refractivity contribution in [2.75, 3.05) is 13.1 Å². The minimum absolute atomic E-state index is 0.308. The maximum absolute atomic E-state index is 14.3. The van der Waals surface area contributed by atoms with Crippen LogP contribution in [0, 0.1) is 17.3 Å². The number of carbonyl (C=O) groups excluding carboxylic acids is 4. The van der Waals surface area contributed by atoms with E-state index in [2.05, 4.69) is 21.3 Å². The number of piperidine rings is 2. The number of rotatable bonds is 13. The van der Waals surface area contributed by atoms with Crippen molar-refractivity contribution < 1.29 is 39.0 Å². The molecule has 6 amide bonds. The van der Waals surface area contributed by atoms with Crippen LogP contribution in [0.3, 0.4) is 0 Å². The summed E-state index contributed by atoms with van der Waals surface area (Å²) >= 11 is 0. The van der Waals surface area contributed by atoms with Gasteiger partial charge in [0.2, 0.25) is 0 Å². The first-order chi connectivity index (χ1) is 23.0. The molecule has 0 aliphatic carbocycles. The maximum atomic E-state index is 14.3. The van der Waals surface area contributed by atoms with Gasteiger partial charge in [-0.25, -0.2) is 9.59 Å². The third-order valence-corrected chi connectivity index (χ3v) is 13.9. The Bertz CT molecular complexity index is 1350. The first-order valence-corrected chi connectivity index (χ1v) is 18.3. The minimum Gasteiger partial charge on any atom is -0.481 e. The number of urea groups is 2. The highest BCUT2D eigenvalue weighted by atomic mass is 16.4. The fraction of sp³-hybridized carbons (Fsp3) is 0.833. The largest absolute Gasteiger partial charge is 0.481 e. The lowest BCUT2D eigenvalue weighted by atomic mass is 9.61. The topological polar surface area (TPSA) is 197 Å². The summed E-state index contributed by atoms with van der Waals surface area (Å²) in [5.41, 5.74) is -6.31. The van der Waals surface area contributed by atoms with Crippen LogP contribution < -0.4 is 21.3 Å². The highest BCUT2D eigenvalue weighted by molar-refractivity contribution is 6.08. The molecule has 14 nitrogen and oxygen atoms in total. The van der Waals surface area contributed by atoms with Gasteiger partial charge in [0.05, 0.1) is 11.8 Å². The normalized spacial score (nSPS) is 40.0. The predicted molar refractivity (Wildman–Crippen MR) is 186 cm³/mol. The molecule has 0 saturated carbocycles. The summed E-state index contributed by atoms with van der Waals surface area (Å²) < 4.78 is 0. The Morgan fingerprint density at radius 2 is 1.06 bits per heavy atom. The van der Waals surface area contributed by atoms with Crippen LogP contribution >= 0.6 is 0 Å². The van der Waals surface area contributed by atoms with Crippen molar-refractivity contribution in [1.29, 1.82) is 0 Å². The van der Waals surface area contributed by atoms with Crippen molar-refractivity contribution in [1.82, 2.24) is 31.1 Å². The van der Waals surface area contributed by atoms with Crippen LogP contribution in [0.25, 0.3) is 0 Å². The zero-order valence-corrected chi connectivity index (χ0v) is 31.7. The van der Waals surface area contributed by atoms with Crippen LogP contribution in [0.15, 0.2) is 0 Å². The van der Waals surface area contributed by atoms with Crippen molar-refractivity contribution in [2.45, 2.75) is 160 Å². The van der Waals surface area contributed by atoms with Crippen molar-refractivity contribution in [2.24, 2.45) is 17.3 Å². The highest BCUT2D eigenvalue weighted by Crippen LogP contribution is 2.48. The van der Waals surface area contributed by atoms with Crippen LogP contribution in [0.2, 0.25) is 0 Å². The standard InChI is InChI=1S/C36H60N6O8/c1-11-30(7)20-35(22(5)32(9,13-3)39-30)25(45)41(28(49)37-35)17-15-34(27(47)48,19-24(43)44)16-18-42-26(46)36(38-29(42)50)21-31(8,12-2)40-33(10,14-4)23(36)6/h22-23,39-40H,11-21H2,1-10H3,(H,37,49)(H,38,50)(H,43,44)(H,47,48). The number of nitrogens with zero attached hydrogens (tertiary/aromatic N) is 2. The molecule has 8 atom stereocenters. The van der Waals surface area contributed by atoms with Crippen molar-refractivity contribution in [3.63, 3.8) is 0 Å². The summed E-state index contributed by atoms with van der Waals surface area (Å²) in [5, 5.41) is 33.8. The Balaban J connectivity index is 1.61. The summed E-state index contributed by atoms with van der Waals surface area (Å²) in [5.74, 6) is -4.36. The maximum Gasteiger partial charge on any atom is 0.325 e. The van der Waals surface area contributed by atoms with Crippen LogP contribution in [-0.2, 0) is 19.2 Å². The first kappa shape index (κ1) is 39.5. The summed E-state index contributed by atoms with van der Waals surface area (Å²) in [7, 11) is 0. The number of carboxylic acid groups (broad SMARTS) is 2. The molecule has 0 aromatic heterocycles. The Hall–Kier alpha value is -3.26. The minimum atomic E-state index is -1.98. The smallest absolute Gasteiger partial charge is 0.325 e. The number of nitrogens with one attached hydrogen (secondary N) is 4. The first-order valence-electron chi connectivity index (χ1n) is 18.3. The van der Waals surface area contributed by atoms with E-state index >= 15 is 0 Å². The Morgan fingerprint density at radius 1 is 0.700 bits per heavy atom. The lowest BCUT2D eigenvalue weighted by molar-refractivity contribution is -0.158. The molecule has 4 rings (SSSR count). The van der Waals surface area contributed by atoms with E-state index in [1.807, 2.05) is 69.2 Å². The van der Waals surface area contributed by atoms with Crippen molar-refractivity contribution >= 4 is 35.8 Å². The van der Waals surface area contributed by atoms with Gasteiger partial charge in [-0.2, -0.15) is 0 Å². The third-order valence-electron chi connectivity index (χ3n) is 13.9. The number of carboxylic acids is 2. The van der Waals surface area contributed by atoms with E-state index in [1.165, 1.54) is 0 Å². The molecule has 0 aromatic rings. The molecule has 6 N–H and O–H groups in total. The molecule has 14 heteroatoms. The van der Waals surface area contributed by atoms with E-state index in [0.717, 1.165) is 9.80 Å². The monoisotopic (exact) mass is 704 g/mol. The summed E-state index contributed by atoms with van der Waals surface area (Å²) in [4.78, 5) is 82.8. The summed E-state index contributed by atoms with van der Waals surface area (Å²) in [6, 6.07) is -1.30. The SMILES string of the molecule is CCC1(C)CC2(NC(=O)N(CCC(CCN3C(=O)NC4(CC(C)(CC)NC(C)(CC)C4C)C3=O)(CC(=O)O)C(=O)O)C2=O)C(C)C(C)(CC)N1. The van der Waals surface area contributed by atoms with Crippen LogP contribution in [0.4, 0.5) is 9.59 Å². The van der Waals surface area contributed by atoms with Gasteiger partial charge in [0.1, 0.15) is 11.1 Å². The van der Waals surface area contributed by atoms with Gasteiger partial charge in [-0.1, -0.05) is 41.5 Å². The molecule has 0 aromatic carbocycles. The fourth-order valence-corrected chi connectivity index (χ4v) is 9.58. The van der Waals surface area contributed by atoms with Gasteiger partial charge in [-0.05, 0) is 79.1 Å². The number of imide groups is 2. The lowest BCUT2D eigenvalue weighted by Crippen LogP contribution is -2.74. The van der Waals surface area contributed by atoms with E-state index in [4.69, 9.17) is 0 Å². The van der Waals surface area contributed by atoms with Gasteiger partial charge < -0.3 is 31.5 Å². The molecule has 282 valence electrons. The lowest BCUT2D eigenvalue weighted by Gasteiger charge is -2.56. The molecule has 8 unspecified atom stereocenters. The van der Waals surface area contributed by atoms with Gasteiger partial charge in [-0.3, -0.25) is 29.0 Å². The number of carbonyl (C=O) groups is 6. The molecule has 4 fully saturated rings. The Kier molecular flexibility index (Phi) is 10.3. The average molecular weight is 705 g/mol. The molecule has 4 saturated heterocycles. The number of amides is 6. The van der Waals surface area contributed by atoms with Crippen molar-refractivity contribution in [3.8, 4) is 0 Å². The number of hydrogen-bond donors (Lipinski definition) is 6. The highest BCUT2D eigenvalue weighted by Gasteiger charge is 2.65. The molecule has 50 heavy (non-hydrogen) atoms. The number of hydrogen-bond acceptors (Lipinski definition) is 8. The molecule has 4 aliphatic heterocycles. The molecule has 0 radical (unpaired) electrons. The van der Waals surface area contributed by atoms with Gasteiger partial charge in [0, 0.05) is 47.1 Å². The molecule has 2 spiro atoms. The molecule has 0 bridgehead atoms. The molecular formula is C36H60N6O8. The van der Waals surface area contributed by atoms with E-state index in [0.29, 0.717) is 38.5 Å². The second-order valence-corrected chi connectivity index (χ2v) is 16.8. The van der Waals surface area contributed by atoms with E-state index in [9.17, 15) is 39.0 Å². The van der Waals surface area contributed by atoms with Gasteiger partial charge >= 0.3 is 24.0 Å². The second kappa shape index (κ2) is 13.1. The zero-order valence-electron chi connectivity index (χ0n) is 31.7. The molecule has 4 heterocycles. The zero-order chi connectivity index (χ0) is 37.9. The molecular weight excluding hydrogens is 644 g/mol. The average Bonchev–Trinajstić information content (AvgIpc) is 3.42. The fourth-order valence-electron chi connectivity index (χ4n) is 9.58. The van der Waals surface area contributed by atoms with Gasteiger partial charge in [0.15, 0.2) is 0 Å². The second-order valence-electron chi connectivity index (χ2n) is 16.8. The Morgan fingerprint density at radius 3 is 1.34 bits per heavy atom. The molecule has 4 aliphatic rings. The number of aliphatic carboxylic acids is 2. The van der Waals surface area contributed by atoms with Crippen LogP contribution in [0.5, 0.6) is 0 Å². The summed E-state index contributed by atoms with van der Waals surface area (Å²) in [6.45, 7) is 19.4. The van der Waals surface area contributed by atoms with E-state index in [-0.39, 0.29) is 37.8 Å². The van der Waals surface area contributed by atoms with E-state index in [1.54, 1.807) is 0 Å². The summed E-state index contributed by atoms with van der Waals surface area (Å²) in [6.07, 6.45) is 1.91. The van der Waals surface area contributed by atoms with Gasteiger partial charge in [-0.15, -0.1) is 0 Å². The quantitative estimate of drug-likeness (QED) is 0.153. The van der Waals surface area contributed by atoms with Gasteiger partial charge in [0.25, 0.3) is 11.8 Å². The van der Waals surface area contributed by atoms with Crippen molar-refractivity contribution in [3.05, 3.63) is 0 Å². The Labute approximate surface area is 296 Å². The van der Waals surface area contributed by atoms with Crippen LogP contribution in [-0.4, -0.2) is 102 Å². The predicted octanol–water partition coefficient (Wildman–Crippen LogP) is 3.83.